The molecule has 0 amide bonds. The first-order valence-electron chi connectivity index (χ1n) is 6.23. The highest BCUT2D eigenvalue weighted by Gasteiger charge is 2.10. The minimum absolute atomic E-state index is 0.346. The third-order valence-corrected chi connectivity index (χ3v) is 2.60. The second-order valence-electron chi connectivity index (χ2n) is 5.46. The fourth-order valence-electron chi connectivity index (χ4n) is 1.53. The Bertz CT molecular complexity index is 355. The standard InChI is InChI=1S/C13H24N4/c1-6-14-11-10(2)12(17-9-16-11)15-8-7-13(3,4)5/h9H,6-8H2,1-5H3,(H2,14,15,16,17). The van der Waals surface area contributed by atoms with Crippen LogP contribution in [-0.4, -0.2) is 23.1 Å². The van der Waals surface area contributed by atoms with E-state index in [1.54, 1.807) is 6.33 Å². The van der Waals surface area contributed by atoms with E-state index in [9.17, 15) is 0 Å². The summed E-state index contributed by atoms with van der Waals surface area (Å²) < 4.78 is 0. The molecule has 0 bridgehead atoms. The van der Waals surface area contributed by atoms with E-state index in [0.717, 1.165) is 36.7 Å². The van der Waals surface area contributed by atoms with Crippen LogP contribution >= 0.6 is 0 Å². The molecule has 1 aromatic heterocycles. The molecule has 0 saturated carbocycles. The highest BCUT2D eigenvalue weighted by molar-refractivity contribution is 5.56. The number of hydrogen-bond acceptors (Lipinski definition) is 4. The molecular formula is C13H24N4. The predicted molar refractivity (Wildman–Crippen MR) is 73.5 cm³/mol. The van der Waals surface area contributed by atoms with Gasteiger partial charge < -0.3 is 10.6 Å². The van der Waals surface area contributed by atoms with Crippen molar-refractivity contribution in [3.63, 3.8) is 0 Å². The Kier molecular flexibility index (Phi) is 4.73. The third kappa shape index (κ3) is 4.59. The Hall–Kier alpha value is -1.32. The zero-order valence-electron chi connectivity index (χ0n) is 11.6. The van der Waals surface area contributed by atoms with Crippen LogP contribution in [-0.2, 0) is 0 Å². The van der Waals surface area contributed by atoms with Crippen LogP contribution < -0.4 is 10.6 Å². The molecule has 4 heteroatoms. The monoisotopic (exact) mass is 236 g/mol. The zero-order valence-corrected chi connectivity index (χ0v) is 11.6. The number of aromatic nitrogens is 2. The molecule has 0 unspecified atom stereocenters. The van der Waals surface area contributed by atoms with Crippen molar-refractivity contribution in [3.05, 3.63) is 11.9 Å². The van der Waals surface area contributed by atoms with Gasteiger partial charge in [-0.3, -0.25) is 0 Å². The second kappa shape index (κ2) is 5.84. The molecule has 4 nitrogen and oxygen atoms in total. The summed E-state index contributed by atoms with van der Waals surface area (Å²) in [5.41, 5.74) is 1.43. The average Bonchev–Trinajstić information content (AvgIpc) is 2.22. The summed E-state index contributed by atoms with van der Waals surface area (Å²) in [6, 6.07) is 0. The molecule has 0 radical (unpaired) electrons. The maximum absolute atomic E-state index is 4.28. The van der Waals surface area contributed by atoms with E-state index in [-0.39, 0.29) is 0 Å². The molecule has 2 N–H and O–H groups in total. The van der Waals surface area contributed by atoms with Gasteiger partial charge in [0.2, 0.25) is 0 Å². The van der Waals surface area contributed by atoms with Crippen molar-refractivity contribution in [2.45, 2.75) is 41.0 Å². The van der Waals surface area contributed by atoms with Gasteiger partial charge >= 0.3 is 0 Å². The fraction of sp³-hybridized carbons (Fsp3) is 0.692. The van der Waals surface area contributed by atoms with E-state index in [4.69, 9.17) is 0 Å². The van der Waals surface area contributed by atoms with Crippen LogP contribution in [0, 0.1) is 12.3 Å². The molecule has 17 heavy (non-hydrogen) atoms. The highest BCUT2D eigenvalue weighted by Crippen LogP contribution is 2.21. The van der Waals surface area contributed by atoms with Gasteiger partial charge in [0.1, 0.15) is 18.0 Å². The van der Waals surface area contributed by atoms with Crippen LogP contribution in [0.2, 0.25) is 0 Å². The number of hydrogen-bond donors (Lipinski definition) is 2. The summed E-state index contributed by atoms with van der Waals surface area (Å²) in [6.45, 7) is 12.6. The van der Waals surface area contributed by atoms with E-state index in [2.05, 4.69) is 48.3 Å². The predicted octanol–water partition coefficient (Wildman–Crippen LogP) is 3.06. The molecule has 1 heterocycles. The molecule has 0 atom stereocenters. The van der Waals surface area contributed by atoms with Crippen molar-refractivity contribution in [3.8, 4) is 0 Å². The van der Waals surface area contributed by atoms with Crippen molar-refractivity contribution in [2.75, 3.05) is 23.7 Å². The minimum Gasteiger partial charge on any atom is -0.370 e. The quantitative estimate of drug-likeness (QED) is 0.825. The summed E-state index contributed by atoms with van der Waals surface area (Å²) in [7, 11) is 0. The molecule has 1 aromatic rings. The minimum atomic E-state index is 0.346. The van der Waals surface area contributed by atoms with Gasteiger partial charge in [0.25, 0.3) is 0 Å². The van der Waals surface area contributed by atoms with Gasteiger partial charge in [-0.2, -0.15) is 0 Å². The fourth-order valence-corrected chi connectivity index (χ4v) is 1.53. The summed E-state index contributed by atoms with van der Waals surface area (Å²) in [5.74, 6) is 1.85. The Morgan fingerprint density at radius 3 is 2.24 bits per heavy atom. The third-order valence-electron chi connectivity index (χ3n) is 2.60. The Balaban J connectivity index is 2.62. The summed E-state index contributed by atoms with van der Waals surface area (Å²) in [6.07, 6.45) is 2.72. The molecular weight excluding hydrogens is 212 g/mol. The number of anilines is 2. The number of nitrogens with one attached hydrogen (secondary N) is 2. The summed E-state index contributed by atoms with van der Waals surface area (Å²) in [5, 5.41) is 6.61. The van der Waals surface area contributed by atoms with Crippen molar-refractivity contribution < 1.29 is 0 Å². The molecule has 0 aliphatic heterocycles. The van der Waals surface area contributed by atoms with E-state index in [1.807, 2.05) is 6.92 Å². The second-order valence-corrected chi connectivity index (χ2v) is 5.46. The first-order valence-corrected chi connectivity index (χ1v) is 6.23. The summed E-state index contributed by atoms with van der Waals surface area (Å²) in [4.78, 5) is 8.50. The maximum atomic E-state index is 4.28. The highest BCUT2D eigenvalue weighted by atomic mass is 15.1. The van der Waals surface area contributed by atoms with Gasteiger partial charge in [0.15, 0.2) is 0 Å². The molecule has 0 aliphatic carbocycles. The zero-order chi connectivity index (χ0) is 12.9. The number of nitrogens with zero attached hydrogens (tertiary/aromatic N) is 2. The Morgan fingerprint density at radius 1 is 1.12 bits per heavy atom. The average molecular weight is 236 g/mol. The summed E-state index contributed by atoms with van der Waals surface area (Å²) >= 11 is 0. The van der Waals surface area contributed by atoms with Crippen molar-refractivity contribution in [1.82, 2.24) is 9.97 Å². The van der Waals surface area contributed by atoms with Crippen molar-refractivity contribution >= 4 is 11.6 Å². The molecule has 0 aromatic carbocycles. The van der Waals surface area contributed by atoms with Crippen LogP contribution in [0.4, 0.5) is 11.6 Å². The molecule has 0 aliphatic rings. The first-order chi connectivity index (χ1) is 7.94. The van der Waals surface area contributed by atoms with Gasteiger partial charge in [-0.25, -0.2) is 9.97 Å². The van der Waals surface area contributed by atoms with Gasteiger partial charge in [-0.15, -0.1) is 0 Å². The van der Waals surface area contributed by atoms with Gasteiger partial charge in [0, 0.05) is 18.7 Å². The van der Waals surface area contributed by atoms with E-state index >= 15 is 0 Å². The van der Waals surface area contributed by atoms with Crippen LogP contribution in [0.3, 0.4) is 0 Å². The lowest BCUT2D eigenvalue weighted by molar-refractivity contribution is 0.389. The van der Waals surface area contributed by atoms with E-state index in [0.29, 0.717) is 5.41 Å². The Labute approximate surface area is 104 Å². The molecule has 96 valence electrons. The lowest BCUT2D eigenvalue weighted by atomic mass is 9.92. The van der Waals surface area contributed by atoms with E-state index in [1.165, 1.54) is 0 Å². The van der Waals surface area contributed by atoms with Crippen LogP contribution in [0.1, 0.15) is 39.7 Å². The SMILES string of the molecule is CCNc1ncnc(NCCC(C)(C)C)c1C. The largest absolute Gasteiger partial charge is 0.370 e. The lowest BCUT2D eigenvalue weighted by Gasteiger charge is -2.19. The normalized spacial score (nSPS) is 11.4. The number of rotatable bonds is 5. The molecule has 1 rings (SSSR count). The van der Waals surface area contributed by atoms with E-state index < -0.39 is 0 Å². The topological polar surface area (TPSA) is 49.8 Å². The van der Waals surface area contributed by atoms with Gasteiger partial charge in [0.05, 0.1) is 0 Å². The molecule has 0 fully saturated rings. The van der Waals surface area contributed by atoms with Crippen LogP contribution in [0.15, 0.2) is 6.33 Å². The van der Waals surface area contributed by atoms with Crippen LogP contribution in [0.25, 0.3) is 0 Å². The molecule has 0 saturated heterocycles. The Morgan fingerprint density at radius 2 is 1.71 bits per heavy atom. The lowest BCUT2D eigenvalue weighted by Crippen LogP contribution is -2.14. The van der Waals surface area contributed by atoms with Crippen molar-refractivity contribution in [1.29, 1.82) is 0 Å². The van der Waals surface area contributed by atoms with Gasteiger partial charge in [-0.1, -0.05) is 20.8 Å². The van der Waals surface area contributed by atoms with Gasteiger partial charge in [-0.05, 0) is 25.7 Å². The van der Waals surface area contributed by atoms with Crippen molar-refractivity contribution in [2.24, 2.45) is 5.41 Å². The van der Waals surface area contributed by atoms with Crippen LogP contribution in [0.5, 0.6) is 0 Å². The smallest absolute Gasteiger partial charge is 0.134 e. The molecule has 0 spiro atoms. The first kappa shape index (κ1) is 13.7. The maximum Gasteiger partial charge on any atom is 0.134 e.